The number of alkyl halides is 13. The second-order valence-corrected chi connectivity index (χ2v) is 5.63. The summed E-state index contributed by atoms with van der Waals surface area (Å²) in [7, 11) is 0. The lowest BCUT2D eigenvalue weighted by atomic mass is 9.91. The molecule has 0 saturated carbocycles. The van der Waals surface area contributed by atoms with E-state index in [1.807, 2.05) is 0 Å². The Morgan fingerprint density at radius 2 is 0.929 bits per heavy atom. The maximum absolute atomic E-state index is 13.5. The standard InChI is InChI=1S/C14H8F14/c15-8-3-1-7(2-4-8)5-6-9(16,17)10(18,19)11(20,21)12(22,23)13(24,25)14(26,27)28/h1-4H,5-6H2. The Labute approximate surface area is 147 Å². The van der Waals surface area contributed by atoms with Gasteiger partial charge in [0, 0.05) is 6.42 Å². The van der Waals surface area contributed by atoms with Crippen molar-refractivity contribution in [3.05, 3.63) is 35.6 Å². The lowest BCUT2D eigenvalue weighted by Crippen LogP contribution is -2.70. The predicted octanol–water partition coefficient (Wildman–Crippen LogP) is 6.50. The van der Waals surface area contributed by atoms with Gasteiger partial charge in [0.25, 0.3) is 0 Å². The maximum atomic E-state index is 13.5. The van der Waals surface area contributed by atoms with Crippen molar-refractivity contribution in [1.82, 2.24) is 0 Å². The summed E-state index contributed by atoms with van der Waals surface area (Å²) in [6.45, 7) is 0. The average Bonchev–Trinajstić information content (AvgIpc) is 2.52. The molecule has 0 spiro atoms. The summed E-state index contributed by atoms with van der Waals surface area (Å²) in [5.74, 6) is -37.7. The van der Waals surface area contributed by atoms with Crippen LogP contribution in [0.15, 0.2) is 24.3 Å². The van der Waals surface area contributed by atoms with Crippen molar-refractivity contribution in [3.8, 4) is 0 Å². The second-order valence-electron chi connectivity index (χ2n) is 5.63. The lowest BCUT2D eigenvalue weighted by molar-refractivity contribution is -0.440. The Balaban J connectivity index is 3.23. The SMILES string of the molecule is Fc1ccc(CCC(F)(F)C(F)(F)C(F)(F)C(F)(F)C(F)(F)C(F)(F)F)cc1. The molecular weight excluding hydrogens is 434 g/mol. The van der Waals surface area contributed by atoms with E-state index in [0.717, 1.165) is 12.1 Å². The molecule has 0 atom stereocenters. The molecule has 0 unspecified atom stereocenters. The number of aryl methyl sites for hydroxylation is 1. The second kappa shape index (κ2) is 6.94. The van der Waals surface area contributed by atoms with E-state index in [9.17, 15) is 61.5 Å². The van der Waals surface area contributed by atoms with Gasteiger partial charge in [-0.05, 0) is 24.1 Å². The van der Waals surface area contributed by atoms with E-state index in [4.69, 9.17) is 0 Å². The topological polar surface area (TPSA) is 0 Å². The first-order valence-electron chi connectivity index (χ1n) is 6.92. The first-order chi connectivity index (χ1) is 12.2. The van der Waals surface area contributed by atoms with E-state index >= 15 is 0 Å². The third-order valence-electron chi connectivity index (χ3n) is 3.64. The number of halogens is 14. The molecule has 0 aliphatic rings. The molecule has 0 aliphatic heterocycles. The summed E-state index contributed by atoms with van der Waals surface area (Å²) in [5, 5.41) is 0. The van der Waals surface area contributed by atoms with E-state index in [0.29, 0.717) is 12.1 Å². The van der Waals surface area contributed by atoms with Crippen molar-refractivity contribution in [2.24, 2.45) is 0 Å². The molecule has 1 rings (SSSR count). The molecule has 162 valence electrons. The number of hydrogen-bond donors (Lipinski definition) is 0. The molecule has 0 saturated heterocycles. The highest BCUT2D eigenvalue weighted by Gasteiger charge is 2.90. The Hall–Kier alpha value is -1.76. The van der Waals surface area contributed by atoms with Gasteiger partial charge in [-0.25, -0.2) is 4.39 Å². The molecule has 0 N–H and O–H groups in total. The summed E-state index contributed by atoms with van der Waals surface area (Å²) in [6.07, 6.45) is -11.0. The monoisotopic (exact) mass is 442 g/mol. The third kappa shape index (κ3) is 3.73. The fraction of sp³-hybridized carbons (Fsp3) is 0.571. The summed E-state index contributed by atoms with van der Waals surface area (Å²) >= 11 is 0. The minimum atomic E-state index is -7.90. The fourth-order valence-corrected chi connectivity index (χ4v) is 1.91. The summed E-state index contributed by atoms with van der Waals surface area (Å²) in [4.78, 5) is 0. The van der Waals surface area contributed by atoms with Crippen molar-refractivity contribution in [1.29, 1.82) is 0 Å². The Bertz CT molecular complexity index is 670. The quantitative estimate of drug-likeness (QED) is 0.423. The Morgan fingerprint density at radius 3 is 1.32 bits per heavy atom. The highest BCUT2D eigenvalue weighted by molar-refractivity contribution is 5.17. The molecule has 0 nitrogen and oxygen atoms in total. The number of rotatable bonds is 7. The van der Waals surface area contributed by atoms with Gasteiger partial charge in [-0.1, -0.05) is 12.1 Å². The highest BCUT2D eigenvalue weighted by atomic mass is 19.4. The first-order valence-corrected chi connectivity index (χ1v) is 6.92. The number of benzene rings is 1. The fourth-order valence-electron chi connectivity index (χ4n) is 1.91. The van der Waals surface area contributed by atoms with Crippen LogP contribution < -0.4 is 0 Å². The van der Waals surface area contributed by atoms with Gasteiger partial charge in [0.1, 0.15) is 5.82 Å². The third-order valence-corrected chi connectivity index (χ3v) is 3.64. The highest BCUT2D eigenvalue weighted by Crippen LogP contribution is 2.60. The maximum Gasteiger partial charge on any atom is 0.460 e. The molecule has 14 heteroatoms. The Morgan fingerprint density at radius 1 is 0.536 bits per heavy atom. The van der Waals surface area contributed by atoms with Crippen molar-refractivity contribution < 1.29 is 61.5 Å². The van der Waals surface area contributed by atoms with Crippen LogP contribution in [0.3, 0.4) is 0 Å². The van der Waals surface area contributed by atoms with Crippen LogP contribution in [0.5, 0.6) is 0 Å². The molecule has 0 fully saturated rings. The molecule has 0 bridgehead atoms. The summed E-state index contributed by atoms with van der Waals surface area (Å²) < 4.78 is 180. The van der Waals surface area contributed by atoms with Crippen molar-refractivity contribution in [3.63, 3.8) is 0 Å². The summed E-state index contributed by atoms with van der Waals surface area (Å²) in [5.41, 5.74) is -0.354. The largest absolute Gasteiger partial charge is 0.460 e. The van der Waals surface area contributed by atoms with E-state index in [1.54, 1.807) is 0 Å². The zero-order valence-corrected chi connectivity index (χ0v) is 13.0. The minimum Gasteiger partial charge on any atom is -0.207 e. The smallest absolute Gasteiger partial charge is 0.207 e. The average molecular weight is 442 g/mol. The summed E-state index contributed by atoms with van der Waals surface area (Å²) in [6, 6.07) is 2.79. The molecule has 28 heavy (non-hydrogen) atoms. The lowest BCUT2D eigenvalue weighted by Gasteiger charge is -2.39. The van der Waals surface area contributed by atoms with Gasteiger partial charge >= 0.3 is 35.8 Å². The van der Waals surface area contributed by atoms with Crippen LogP contribution in [0.2, 0.25) is 0 Å². The van der Waals surface area contributed by atoms with Gasteiger partial charge in [0.2, 0.25) is 0 Å². The van der Waals surface area contributed by atoms with E-state index in [1.165, 1.54) is 0 Å². The van der Waals surface area contributed by atoms with E-state index in [2.05, 4.69) is 0 Å². The van der Waals surface area contributed by atoms with Gasteiger partial charge in [0.15, 0.2) is 0 Å². The van der Waals surface area contributed by atoms with Gasteiger partial charge in [0.05, 0.1) is 0 Å². The zero-order valence-electron chi connectivity index (χ0n) is 13.0. The Kier molecular flexibility index (Phi) is 6.01. The molecule has 0 heterocycles. The zero-order chi connectivity index (χ0) is 22.4. The molecule has 1 aromatic rings. The van der Waals surface area contributed by atoms with Crippen molar-refractivity contribution >= 4 is 0 Å². The van der Waals surface area contributed by atoms with Crippen molar-refractivity contribution in [2.75, 3.05) is 0 Å². The van der Waals surface area contributed by atoms with Crippen LogP contribution in [-0.2, 0) is 6.42 Å². The van der Waals surface area contributed by atoms with Crippen LogP contribution in [0.25, 0.3) is 0 Å². The first kappa shape index (κ1) is 24.3. The molecule has 1 aromatic carbocycles. The normalized spacial score (nSPS) is 15.1. The number of hydrogen-bond acceptors (Lipinski definition) is 0. The van der Waals surface area contributed by atoms with Crippen LogP contribution in [-0.4, -0.2) is 35.8 Å². The van der Waals surface area contributed by atoms with E-state index < -0.39 is 54.4 Å². The van der Waals surface area contributed by atoms with Gasteiger partial charge < -0.3 is 0 Å². The molecule has 0 aliphatic carbocycles. The molecule has 0 aromatic heterocycles. The van der Waals surface area contributed by atoms with Crippen LogP contribution >= 0.6 is 0 Å². The van der Waals surface area contributed by atoms with Crippen molar-refractivity contribution in [2.45, 2.75) is 48.6 Å². The minimum absolute atomic E-state index is 0.354. The molecule has 0 radical (unpaired) electrons. The van der Waals surface area contributed by atoms with Crippen LogP contribution in [0.1, 0.15) is 12.0 Å². The van der Waals surface area contributed by atoms with Gasteiger partial charge in [-0.15, -0.1) is 0 Å². The predicted molar refractivity (Wildman–Crippen MR) is 65.5 cm³/mol. The van der Waals surface area contributed by atoms with Crippen LogP contribution in [0, 0.1) is 5.82 Å². The molecule has 0 amide bonds. The van der Waals surface area contributed by atoms with Gasteiger partial charge in [-0.2, -0.15) is 57.1 Å². The van der Waals surface area contributed by atoms with E-state index in [-0.39, 0.29) is 5.56 Å². The van der Waals surface area contributed by atoms with Gasteiger partial charge in [-0.3, -0.25) is 0 Å². The van der Waals surface area contributed by atoms with Crippen LogP contribution in [0.4, 0.5) is 61.5 Å². The molecular formula is C14H8F14.